The average molecular weight is 420 g/mol. The summed E-state index contributed by atoms with van der Waals surface area (Å²) in [6, 6.07) is 0. The number of thiazole rings is 1. The van der Waals surface area contributed by atoms with E-state index in [4.69, 9.17) is 9.72 Å². The third-order valence-electron chi connectivity index (χ3n) is 5.19. The first-order chi connectivity index (χ1) is 14.5. The van der Waals surface area contributed by atoms with Gasteiger partial charge in [-0.25, -0.2) is 15.0 Å². The van der Waals surface area contributed by atoms with Crippen molar-refractivity contribution < 1.29 is 9.53 Å². The molecule has 152 valence electrons. The molecular formula is C22H21N5O2S. The molecule has 3 aliphatic rings. The molecule has 30 heavy (non-hydrogen) atoms. The molecule has 2 aromatic rings. The summed E-state index contributed by atoms with van der Waals surface area (Å²) in [5, 5.41) is 3.79. The molecule has 8 heteroatoms. The van der Waals surface area contributed by atoms with Crippen LogP contribution < -0.4 is 10.2 Å². The standard InChI is InChI=1S/C22H21N5O2S/c1-22(2)9-17-19(20(28)26-22)30-21(25-17)27-7-8-29-18(12-27)16-6-4-3-5-15(16)14-10-23-13-24-11-14/h3,5,7-8,10-13H,4,6,9H2,1-2H3,(H,26,28). The second-order valence-electron chi connectivity index (χ2n) is 8.05. The molecule has 0 fully saturated rings. The van der Waals surface area contributed by atoms with Crippen molar-refractivity contribution in [2.75, 3.05) is 4.90 Å². The zero-order chi connectivity index (χ0) is 20.7. The van der Waals surface area contributed by atoms with Gasteiger partial charge < -0.3 is 10.1 Å². The van der Waals surface area contributed by atoms with E-state index in [9.17, 15) is 4.79 Å². The molecule has 0 saturated heterocycles. The predicted octanol–water partition coefficient (Wildman–Crippen LogP) is 3.95. The van der Waals surface area contributed by atoms with Gasteiger partial charge in [0.1, 0.15) is 23.2 Å². The molecule has 7 nitrogen and oxygen atoms in total. The summed E-state index contributed by atoms with van der Waals surface area (Å²) in [4.78, 5) is 28.1. The number of aromatic nitrogens is 3. The first-order valence-electron chi connectivity index (χ1n) is 9.81. The maximum absolute atomic E-state index is 12.5. The Bertz CT molecular complexity index is 1130. The second kappa shape index (κ2) is 7.21. The molecule has 2 aliphatic heterocycles. The van der Waals surface area contributed by atoms with Crippen LogP contribution in [0, 0.1) is 0 Å². The number of ether oxygens (including phenoxy) is 1. The first-order valence-corrected chi connectivity index (χ1v) is 10.6. The molecule has 1 N–H and O–H groups in total. The van der Waals surface area contributed by atoms with Gasteiger partial charge in [0, 0.05) is 41.7 Å². The van der Waals surface area contributed by atoms with Crippen LogP contribution in [0.5, 0.6) is 0 Å². The second-order valence-corrected chi connectivity index (χ2v) is 9.03. The molecule has 0 unspecified atom stereocenters. The summed E-state index contributed by atoms with van der Waals surface area (Å²) in [5.41, 5.74) is 3.67. The Kier molecular flexibility index (Phi) is 4.51. The van der Waals surface area contributed by atoms with E-state index in [0.717, 1.165) is 46.1 Å². The van der Waals surface area contributed by atoms with E-state index in [1.54, 1.807) is 6.26 Å². The van der Waals surface area contributed by atoms with Crippen molar-refractivity contribution in [2.45, 2.75) is 38.6 Å². The van der Waals surface area contributed by atoms with Crippen LogP contribution in [0.3, 0.4) is 0 Å². The van der Waals surface area contributed by atoms with Crippen LogP contribution >= 0.6 is 11.3 Å². The van der Waals surface area contributed by atoms with Gasteiger partial charge in [0.15, 0.2) is 5.13 Å². The minimum Gasteiger partial charge on any atom is -0.462 e. The minimum atomic E-state index is -0.289. The molecular weight excluding hydrogens is 398 g/mol. The van der Waals surface area contributed by atoms with Crippen LogP contribution in [0.15, 0.2) is 60.9 Å². The zero-order valence-corrected chi connectivity index (χ0v) is 17.6. The lowest BCUT2D eigenvalue weighted by molar-refractivity contribution is 0.0901. The minimum absolute atomic E-state index is 0.0575. The molecule has 0 aromatic carbocycles. The smallest absolute Gasteiger partial charge is 0.263 e. The molecule has 0 bridgehead atoms. The summed E-state index contributed by atoms with van der Waals surface area (Å²) in [5.74, 6) is 0.705. The van der Waals surface area contributed by atoms with E-state index in [-0.39, 0.29) is 11.4 Å². The van der Waals surface area contributed by atoms with Gasteiger partial charge in [0.25, 0.3) is 5.91 Å². The van der Waals surface area contributed by atoms with Crippen molar-refractivity contribution >= 4 is 27.9 Å². The van der Waals surface area contributed by atoms with Crippen LogP contribution in [0.25, 0.3) is 5.57 Å². The van der Waals surface area contributed by atoms with E-state index < -0.39 is 0 Å². The third-order valence-corrected chi connectivity index (χ3v) is 6.30. The predicted molar refractivity (Wildman–Crippen MR) is 115 cm³/mol. The monoisotopic (exact) mass is 419 g/mol. The van der Waals surface area contributed by atoms with Crippen LogP contribution in [-0.4, -0.2) is 26.4 Å². The van der Waals surface area contributed by atoms with Gasteiger partial charge in [-0.1, -0.05) is 23.5 Å². The molecule has 0 radical (unpaired) electrons. The van der Waals surface area contributed by atoms with Gasteiger partial charge in [-0.3, -0.25) is 9.69 Å². The molecule has 0 spiro atoms. The van der Waals surface area contributed by atoms with Crippen molar-refractivity contribution in [1.82, 2.24) is 20.3 Å². The molecule has 4 heterocycles. The van der Waals surface area contributed by atoms with E-state index in [2.05, 4.69) is 27.4 Å². The lowest BCUT2D eigenvalue weighted by atomic mass is 9.92. The highest BCUT2D eigenvalue weighted by Gasteiger charge is 2.34. The summed E-state index contributed by atoms with van der Waals surface area (Å²) in [6.07, 6.45) is 17.3. The fourth-order valence-electron chi connectivity index (χ4n) is 3.84. The number of amides is 1. The molecule has 1 amide bonds. The van der Waals surface area contributed by atoms with Gasteiger partial charge in [-0.15, -0.1) is 0 Å². The van der Waals surface area contributed by atoms with E-state index in [0.29, 0.717) is 11.3 Å². The average Bonchev–Trinajstić information content (AvgIpc) is 3.18. The Morgan fingerprint density at radius 1 is 1.27 bits per heavy atom. The number of nitrogens with one attached hydrogen (secondary N) is 1. The largest absolute Gasteiger partial charge is 0.462 e. The van der Waals surface area contributed by atoms with Crippen molar-refractivity contribution in [3.05, 3.63) is 77.0 Å². The number of fused-ring (bicyclic) bond motifs is 1. The number of hydrogen-bond donors (Lipinski definition) is 1. The summed E-state index contributed by atoms with van der Waals surface area (Å²) >= 11 is 1.40. The highest BCUT2D eigenvalue weighted by atomic mass is 32.1. The highest BCUT2D eigenvalue weighted by Crippen LogP contribution is 2.37. The fourth-order valence-corrected chi connectivity index (χ4v) is 4.78. The number of carbonyl (C=O) groups excluding carboxylic acids is 1. The van der Waals surface area contributed by atoms with E-state index >= 15 is 0 Å². The van der Waals surface area contributed by atoms with Gasteiger partial charge in [0.05, 0.1) is 11.9 Å². The topological polar surface area (TPSA) is 80.2 Å². The molecule has 2 aromatic heterocycles. The maximum atomic E-state index is 12.5. The van der Waals surface area contributed by atoms with Gasteiger partial charge >= 0.3 is 0 Å². The molecule has 5 rings (SSSR count). The number of hydrogen-bond acceptors (Lipinski definition) is 7. The normalized spacial score (nSPS) is 19.9. The van der Waals surface area contributed by atoms with Crippen molar-refractivity contribution in [3.63, 3.8) is 0 Å². The Morgan fingerprint density at radius 2 is 2.10 bits per heavy atom. The quantitative estimate of drug-likeness (QED) is 0.811. The highest BCUT2D eigenvalue weighted by molar-refractivity contribution is 7.17. The summed E-state index contributed by atoms with van der Waals surface area (Å²) in [7, 11) is 0. The van der Waals surface area contributed by atoms with Crippen molar-refractivity contribution in [1.29, 1.82) is 0 Å². The Hall–Kier alpha value is -3.26. The number of carbonyl (C=O) groups is 1. The van der Waals surface area contributed by atoms with Gasteiger partial charge in [-0.05, 0) is 32.3 Å². The lowest BCUT2D eigenvalue weighted by Gasteiger charge is -2.29. The van der Waals surface area contributed by atoms with E-state index in [1.165, 1.54) is 17.7 Å². The van der Waals surface area contributed by atoms with Crippen LogP contribution in [0.4, 0.5) is 5.13 Å². The first kappa shape index (κ1) is 18.7. The van der Waals surface area contributed by atoms with Crippen LogP contribution in [0.1, 0.15) is 47.6 Å². The van der Waals surface area contributed by atoms with E-state index in [1.807, 2.05) is 43.5 Å². The van der Waals surface area contributed by atoms with Crippen LogP contribution in [0.2, 0.25) is 0 Å². The SMILES string of the molecule is CC1(C)Cc2nc(N3C=COC(C4=C(c5cncnc5)C=CCC4)=C3)sc2C(=O)N1. The molecule has 1 aliphatic carbocycles. The number of rotatable bonds is 3. The molecule has 0 saturated carbocycles. The zero-order valence-electron chi connectivity index (χ0n) is 16.8. The lowest BCUT2D eigenvalue weighted by Crippen LogP contribution is -2.48. The number of allylic oxidation sites excluding steroid dienone is 4. The Balaban J connectivity index is 1.51. The fraction of sp³-hybridized carbons (Fsp3) is 0.273. The number of anilines is 1. The van der Waals surface area contributed by atoms with Gasteiger partial charge in [0.2, 0.25) is 0 Å². The molecule has 0 atom stereocenters. The summed E-state index contributed by atoms with van der Waals surface area (Å²) < 4.78 is 5.88. The Morgan fingerprint density at radius 3 is 2.93 bits per heavy atom. The van der Waals surface area contributed by atoms with Crippen molar-refractivity contribution in [3.8, 4) is 0 Å². The van der Waals surface area contributed by atoms with Crippen LogP contribution in [-0.2, 0) is 11.2 Å². The third kappa shape index (κ3) is 3.43. The number of nitrogens with zero attached hydrogens (tertiary/aromatic N) is 4. The Labute approximate surface area is 178 Å². The maximum Gasteiger partial charge on any atom is 0.263 e. The van der Waals surface area contributed by atoms with Crippen molar-refractivity contribution in [2.24, 2.45) is 0 Å². The van der Waals surface area contributed by atoms with Gasteiger partial charge in [-0.2, -0.15) is 0 Å². The summed E-state index contributed by atoms with van der Waals surface area (Å²) in [6.45, 7) is 4.02.